The van der Waals surface area contributed by atoms with Gasteiger partial charge in [-0.15, -0.1) is 0 Å². The van der Waals surface area contributed by atoms with Gasteiger partial charge in [0, 0.05) is 22.5 Å². The van der Waals surface area contributed by atoms with Gasteiger partial charge in [0.25, 0.3) is 10.1 Å². The standard InChI is InChI=1S/C20H15N3O5S.Na/c21-10-4-3-5-11(8-10)23-14-9-15(29(26,27)28)18(22)17-16(14)19(24)12-6-1-2-7-13(12)20(17)25;/h1-9,23H,21-22H2,(H,26,27,28);/q;+1. The van der Waals surface area contributed by atoms with Gasteiger partial charge in [0.05, 0.1) is 22.5 Å². The fourth-order valence-electron chi connectivity index (χ4n) is 3.38. The van der Waals surface area contributed by atoms with Crippen molar-refractivity contribution in [1.29, 1.82) is 0 Å². The molecule has 0 amide bonds. The average molecular weight is 432 g/mol. The summed E-state index contributed by atoms with van der Waals surface area (Å²) >= 11 is 0. The summed E-state index contributed by atoms with van der Waals surface area (Å²) in [4.78, 5) is 25.6. The van der Waals surface area contributed by atoms with E-state index in [-0.39, 0.29) is 57.5 Å². The molecule has 3 aromatic rings. The number of rotatable bonds is 3. The molecule has 146 valence electrons. The van der Waals surface area contributed by atoms with Crippen LogP contribution in [-0.2, 0) is 10.1 Å². The molecule has 30 heavy (non-hydrogen) atoms. The topological polar surface area (TPSA) is 153 Å². The van der Waals surface area contributed by atoms with Crippen molar-refractivity contribution in [2.75, 3.05) is 16.8 Å². The van der Waals surface area contributed by atoms with Crippen LogP contribution in [0, 0.1) is 0 Å². The Kier molecular flexibility index (Phi) is 5.76. The first-order chi connectivity index (χ1) is 13.7. The third-order valence-corrected chi connectivity index (χ3v) is 5.54. The van der Waals surface area contributed by atoms with Crippen molar-refractivity contribution in [3.63, 3.8) is 0 Å². The molecule has 1 aliphatic carbocycles. The first-order valence-corrected chi connectivity index (χ1v) is 9.87. The van der Waals surface area contributed by atoms with Gasteiger partial charge in [-0.1, -0.05) is 30.3 Å². The molecule has 0 aliphatic heterocycles. The van der Waals surface area contributed by atoms with E-state index in [1.54, 1.807) is 36.4 Å². The number of hydrogen-bond donors (Lipinski definition) is 4. The van der Waals surface area contributed by atoms with Gasteiger partial charge < -0.3 is 16.8 Å². The molecule has 0 saturated heterocycles. The second kappa shape index (κ2) is 7.86. The molecule has 0 saturated carbocycles. The molecule has 0 heterocycles. The van der Waals surface area contributed by atoms with Crippen LogP contribution >= 0.6 is 0 Å². The van der Waals surface area contributed by atoms with E-state index in [1.165, 1.54) is 12.1 Å². The van der Waals surface area contributed by atoms with Crippen LogP contribution in [0.5, 0.6) is 0 Å². The maximum atomic E-state index is 13.2. The summed E-state index contributed by atoms with van der Waals surface area (Å²) in [5.41, 5.74) is 12.1. The molecule has 0 spiro atoms. The maximum Gasteiger partial charge on any atom is 1.00 e. The number of carbonyl (C=O) groups is 2. The van der Waals surface area contributed by atoms with E-state index in [2.05, 4.69) is 5.32 Å². The molecule has 1 aliphatic rings. The number of ketones is 2. The van der Waals surface area contributed by atoms with Gasteiger partial charge in [0.2, 0.25) is 0 Å². The van der Waals surface area contributed by atoms with E-state index in [0.29, 0.717) is 11.4 Å². The van der Waals surface area contributed by atoms with E-state index in [4.69, 9.17) is 11.5 Å². The summed E-state index contributed by atoms with van der Waals surface area (Å²) in [5, 5.41) is 2.91. The molecule has 0 bridgehead atoms. The van der Waals surface area contributed by atoms with E-state index in [9.17, 15) is 22.6 Å². The second-order valence-corrected chi connectivity index (χ2v) is 7.91. The van der Waals surface area contributed by atoms with Crippen LogP contribution in [0.3, 0.4) is 0 Å². The molecule has 0 fully saturated rings. The Bertz CT molecular complexity index is 1320. The maximum absolute atomic E-state index is 13.2. The molecular formula is C20H15N3NaO5S+. The molecule has 0 atom stereocenters. The summed E-state index contributed by atoms with van der Waals surface area (Å²) in [7, 11) is -4.76. The predicted molar refractivity (Wildman–Crippen MR) is 108 cm³/mol. The van der Waals surface area contributed by atoms with Crippen LogP contribution in [-0.4, -0.2) is 24.5 Å². The Hall–Kier alpha value is -2.69. The van der Waals surface area contributed by atoms with Crippen molar-refractivity contribution < 1.29 is 52.1 Å². The quantitative estimate of drug-likeness (QED) is 0.194. The molecule has 6 N–H and O–H groups in total. The number of anilines is 4. The number of carbonyl (C=O) groups excluding carboxylic acids is 2. The van der Waals surface area contributed by atoms with Crippen molar-refractivity contribution in [2.24, 2.45) is 0 Å². The number of benzene rings is 3. The summed E-state index contributed by atoms with van der Waals surface area (Å²) in [5.74, 6) is -1.09. The van der Waals surface area contributed by atoms with E-state index < -0.39 is 32.3 Å². The molecule has 3 aromatic carbocycles. The van der Waals surface area contributed by atoms with Gasteiger partial charge >= 0.3 is 29.6 Å². The third-order valence-electron chi connectivity index (χ3n) is 4.64. The van der Waals surface area contributed by atoms with Gasteiger partial charge in [0.1, 0.15) is 4.90 Å². The van der Waals surface area contributed by atoms with Crippen LogP contribution in [0.2, 0.25) is 0 Å². The Morgan fingerprint density at radius 1 is 0.833 bits per heavy atom. The summed E-state index contributed by atoms with van der Waals surface area (Å²) in [6, 6.07) is 13.7. The van der Waals surface area contributed by atoms with Gasteiger partial charge in [-0.2, -0.15) is 8.42 Å². The zero-order valence-electron chi connectivity index (χ0n) is 15.8. The zero-order valence-corrected chi connectivity index (χ0v) is 18.7. The van der Waals surface area contributed by atoms with E-state index in [0.717, 1.165) is 6.07 Å². The van der Waals surface area contributed by atoms with Gasteiger partial charge in [-0.05, 0) is 24.3 Å². The van der Waals surface area contributed by atoms with Crippen molar-refractivity contribution >= 4 is 44.4 Å². The average Bonchev–Trinajstić information content (AvgIpc) is 2.66. The molecule has 10 heteroatoms. The predicted octanol–water partition coefficient (Wildman–Crippen LogP) is -0.379. The first-order valence-electron chi connectivity index (χ1n) is 8.43. The summed E-state index contributed by atoms with van der Waals surface area (Å²) in [6.45, 7) is 0. The van der Waals surface area contributed by atoms with Crippen molar-refractivity contribution in [2.45, 2.75) is 4.90 Å². The third kappa shape index (κ3) is 3.62. The number of fused-ring (bicyclic) bond motifs is 2. The fourth-order valence-corrected chi connectivity index (χ4v) is 4.02. The SMILES string of the molecule is Nc1cccc(Nc2cc(S(=O)(=O)O)c(N)c3c2C(=O)c2ccccc2C3=O)c1.[Na+]. The first kappa shape index (κ1) is 22.0. The Balaban J connectivity index is 0.00000256. The fraction of sp³-hybridized carbons (Fsp3) is 0. The Morgan fingerprint density at radius 3 is 2.00 bits per heavy atom. The summed E-state index contributed by atoms with van der Waals surface area (Å²) in [6.07, 6.45) is 0. The Morgan fingerprint density at radius 2 is 1.43 bits per heavy atom. The minimum absolute atomic E-state index is 0. The smallest absolute Gasteiger partial charge is 0.399 e. The molecule has 0 unspecified atom stereocenters. The molecular weight excluding hydrogens is 417 g/mol. The van der Waals surface area contributed by atoms with Gasteiger partial charge in [-0.25, -0.2) is 0 Å². The number of nitrogen functional groups attached to an aromatic ring is 2. The van der Waals surface area contributed by atoms with Crippen LogP contribution in [0.25, 0.3) is 0 Å². The van der Waals surface area contributed by atoms with Crippen LogP contribution in [0.15, 0.2) is 59.5 Å². The number of hydrogen-bond acceptors (Lipinski definition) is 7. The number of nitrogens with one attached hydrogen (secondary N) is 1. The van der Waals surface area contributed by atoms with E-state index in [1.807, 2.05) is 0 Å². The van der Waals surface area contributed by atoms with Gasteiger partial charge in [-0.3, -0.25) is 14.1 Å². The molecule has 0 aromatic heterocycles. The van der Waals surface area contributed by atoms with Gasteiger partial charge in [0.15, 0.2) is 11.6 Å². The van der Waals surface area contributed by atoms with Crippen LogP contribution in [0.4, 0.5) is 22.7 Å². The van der Waals surface area contributed by atoms with E-state index >= 15 is 0 Å². The zero-order chi connectivity index (χ0) is 20.9. The molecule has 4 rings (SSSR count). The normalized spacial score (nSPS) is 12.6. The van der Waals surface area contributed by atoms with Crippen molar-refractivity contribution in [3.8, 4) is 0 Å². The molecule has 0 radical (unpaired) electrons. The monoisotopic (exact) mass is 432 g/mol. The minimum Gasteiger partial charge on any atom is -0.399 e. The minimum atomic E-state index is -4.76. The van der Waals surface area contributed by atoms with Crippen molar-refractivity contribution in [3.05, 3.63) is 76.9 Å². The second-order valence-electron chi connectivity index (χ2n) is 6.52. The van der Waals surface area contributed by atoms with Crippen molar-refractivity contribution in [1.82, 2.24) is 0 Å². The Labute approximate surface area is 194 Å². The summed E-state index contributed by atoms with van der Waals surface area (Å²) < 4.78 is 33.3. The number of nitrogens with two attached hydrogens (primary N) is 2. The van der Waals surface area contributed by atoms with Crippen LogP contribution < -0.4 is 46.3 Å². The molecule has 8 nitrogen and oxygen atoms in total. The largest absolute Gasteiger partial charge is 1.00 e. The van der Waals surface area contributed by atoms with Crippen LogP contribution in [0.1, 0.15) is 31.8 Å².